The van der Waals surface area contributed by atoms with E-state index >= 15 is 0 Å². The van der Waals surface area contributed by atoms with Gasteiger partial charge in [-0.25, -0.2) is 0 Å². The largest absolute Gasteiger partial charge is 0.495 e. The number of halogens is 3. The zero-order chi connectivity index (χ0) is 23.0. The van der Waals surface area contributed by atoms with E-state index in [4.69, 9.17) is 4.74 Å². The Bertz CT molecular complexity index is 993. The number of nitrogens with zero attached hydrogens (tertiary/aromatic N) is 2. The molecule has 1 amide bonds. The maximum atomic E-state index is 13.3. The van der Waals surface area contributed by atoms with Gasteiger partial charge in [0, 0.05) is 31.4 Å². The summed E-state index contributed by atoms with van der Waals surface area (Å²) < 4.78 is 45.5. The summed E-state index contributed by atoms with van der Waals surface area (Å²) in [5.41, 5.74) is 1.64. The molecule has 0 radical (unpaired) electrons. The first-order valence-corrected chi connectivity index (χ1v) is 10.8. The number of para-hydroxylation sites is 2. The van der Waals surface area contributed by atoms with E-state index in [-0.39, 0.29) is 24.4 Å². The SMILES string of the molecule is COc1ccccc1N1CCN2c3ccc(C(F)(F)F)cc3C[C@@H](C(=O)NC(C)C)[C@H]2C1. The topological polar surface area (TPSA) is 44.8 Å². The van der Waals surface area contributed by atoms with Gasteiger partial charge in [0.25, 0.3) is 0 Å². The Hall–Kier alpha value is -2.90. The molecule has 4 rings (SSSR count). The molecule has 172 valence electrons. The minimum atomic E-state index is -4.41. The van der Waals surface area contributed by atoms with Crippen molar-refractivity contribution >= 4 is 17.3 Å². The summed E-state index contributed by atoms with van der Waals surface area (Å²) in [7, 11) is 1.63. The lowest BCUT2D eigenvalue weighted by atomic mass is 9.82. The molecule has 0 spiro atoms. The van der Waals surface area contributed by atoms with Crippen molar-refractivity contribution < 1.29 is 22.7 Å². The minimum absolute atomic E-state index is 0.0484. The fraction of sp³-hybridized carbons (Fsp3) is 0.458. The summed E-state index contributed by atoms with van der Waals surface area (Å²) in [5, 5.41) is 2.97. The molecular weight excluding hydrogens is 419 g/mol. The number of carbonyl (C=O) groups excluding carboxylic acids is 1. The lowest BCUT2D eigenvalue weighted by molar-refractivity contribution is -0.137. The quantitative estimate of drug-likeness (QED) is 0.767. The lowest BCUT2D eigenvalue weighted by Gasteiger charge is -2.50. The zero-order valence-corrected chi connectivity index (χ0v) is 18.4. The number of benzene rings is 2. The van der Waals surface area contributed by atoms with Gasteiger partial charge in [0.15, 0.2) is 0 Å². The van der Waals surface area contributed by atoms with Gasteiger partial charge >= 0.3 is 6.18 Å². The summed E-state index contributed by atoms with van der Waals surface area (Å²) in [6.07, 6.45) is -4.14. The normalized spacial score (nSPS) is 20.6. The van der Waals surface area contributed by atoms with E-state index in [1.807, 2.05) is 38.1 Å². The van der Waals surface area contributed by atoms with E-state index in [0.29, 0.717) is 25.2 Å². The van der Waals surface area contributed by atoms with Gasteiger partial charge in [0.1, 0.15) is 5.75 Å². The fourth-order valence-corrected chi connectivity index (χ4v) is 4.80. The number of methoxy groups -OCH3 is 1. The van der Waals surface area contributed by atoms with E-state index in [2.05, 4.69) is 15.1 Å². The molecular formula is C24H28F3N3O2. The summed E-state index contributed by atoms with van der Waals surface area (Å²) in [6.45, 7) is 5.63. The van der Waals surface area contributed by atoms with E-state index in [9.17, 15) is 18.0 Å². The average molecular weight is 448 g/mol. The molecule has 0 bridgehead atoms. The number of hydrogen-bond acceptors (Lipinski definition) is 4. The number of rotatable bonds is 4. The molecule has 2 aromatic carbocycles. The summed E-state index contributed by atoms with van der Waals surface area (Å²) in [4.78, 5) is 17.4. The van der Waals surface area contributed by atoms with Crippen LogP contribution in [0, 0.1) is 5.92 Å². The Labute approximate surface area is 186 Å². The molecule has 2 aliphatic heterocycles. The molecule has 1 fully saturated rings. The number of fused-ring (bicyclic) bond motifs is 3. The highest BCUT2D eigenvalue weighted by atomic mass is 19.4. The Morgan fingerprint density at radius 3 is 2.56 bits per heavy atom. The van der Waals surface area contributed by atoms with Gasteiger partial charge in [-0.1, -0.05) is 12.1 Å². The van der Waals surface area contributed by atoms with Gasteiger partial charge in [-0.05, 0) is 56.2 Å². The summed E-state index contributed by atoms with van der Waals surface area (Å²) in [6, 6.07) is 11.4. The molecule has 32 heavy (non-hydrogen) atoms. The highest BCUT2D eigenvalue weighted by molar-refractivity contribution is 5.82. The third-order valence-corrected chi connectivity index (χ3v) is 6.23. The van der Waals surface area contributed by atoms with Crippen LogP contribution in [0.3, 0.4) is 0 Å². The van der Waals surface area contributed by atoms with Crippen molar-refractivity contribution in [3.8, 4) is 5.75 Å². The van der Waals surface area contributed by atoms with Crippen molar-refractivity contribution in [2.75, 3.05) is 36.5 Å². The molecule has 0 unspecified atom stereocenters. The van der Waals surface area contributed by atoms with Crippen molar-refractivity contribution in [3.63, 3.8) is 0 Å². The second-order valence-electron chi connectivity index (χ2n) is 8.69. The van der Waals surface area contributed by atoms with Crippen LogP contribution >= 0.6 is 0 Å². The molecule has 2 aliphatic rings. The Morgan fingerprint density at radius 2 is 1.88 bits per heavy atom. The van der Waals surface area contributed by atoms with Crippen molar-refractivity contribution in [1.82, 2.24) is 5.32 Å². The minimum Gasteiger partial charge on any atom is -0.495 e. The van der Waals surface area contributed by atoms with Gasteiger partial charge in [0.2, 0.25) is 5.91 Å². The molecule has 8 heteroatoms. The van der Waals surface area contributed by atoms with E-state index in [0.717, 1.165) is 23.2 Å². The van der Waals surface area contributed by atoms with Crippen LogP contribution in [0.5, 0.6) is 5.75 Å². The van der Waals surface area contributed by atoms with Crippen LogP contribution < -0.4 is 19.9 Å². The third-order valence-electron chi connectivity index (χ3n) is 6.23. The Kier molecular flexibility index (Phi) is 5.97. The maximum absolute atomic E-state index is 13.3. The van der Waals surface area contributed by atoms with Gasteiger partial charge in [-0.2, -0.15) is 13.2 Å². The van der Waals surface area contributed by atoms with Crippen LogP contribution in [0.1, 0.15) is 25.0 Å². The number of nitrogens with one attached hydrogen (secondary N) is 1. The number of ether oxygens (including phenoxy) is 1. The maximum Gasteiger partial charge on any atom is 0.416 e. The molecule has 1 N–H and O–H groups in total. The molecule has 2 aromatic rings. The molecule has 1 saturated heterocycles. The highest BCUT2D eigenvalue weighted by Crippen LogP contribution is 2.41. The standard InChI is InChI=1S/C24H28F3N3O2/c1-15(2)28-23(31)18-13-16-12-17(24(25,26)27)8-9-19(16)30-11-10-29(14-21(18)30)20-6-4-5-7-22(20)32-3/h4-9,12,15,18,21H,10-11,13-14H2,1-3H3,(H,28,31)/t18-,21-/m1/s1. The number of amides is 1. The van der Waals surface area contributed by atoms with Crippen LogP contribution in [0.2, 0.25) is 0 Å². The van der Waals surface area contributed by atoms with Crippen LogP contribution in [-0.4, -0.2) is 44.7 Å². The number of hydrogen-bond donors (Lipinski definition) is 1. The van der Waals surface area contributed by atoms with Crippen LogP contribution in [0.15, 0.2) is 42.5 Å². The Morgan fingerprint density at radius 1 is 1.12 bits per heavy atom. The third kappa shape index (κ3) is 4.23. The predicted octanol–water partition coefficient (Wildman–Crippen LogP) is 4.11. The van der Waals surface area contributed by atoms with E-state index in [1.165, 1.54) is 6.07 Å². The van der Waals surface area contributed by atoms with E-state index in [1.54, 1.807) is 13.2 Å². The van der Waals surface area contributed by atoms with Gasteiger partial charge in [-0.3, -0.25) is 4.79 Å². The highest BCUT2D eigenvalue weighted by Gasteiger charge is 2.43. The van der Waals surface area contributed by atoms with Crippen molar-refractivity contribution in [2.24, 2.45) is 5.92 Å². The first kappa shape index (κ1) is 22.3. The predicted molar refractivity (Wildman–Crippen MR) is 118 cm³/mol. The van der Waals surface area contributed by atoms with Crippen LogP contribution in [0.25, 0.3) is 0 Å². The molecule has 0 saturated carbocycles. The summed E-state index contributed by atoms with van der Waals surface area (Å²) >= 11 is 0. The number of piperazine rings is 1. The molecule has 0 aliphatic carbocycles. The number of carbonyl (C=O) groups is 1. The molecule has 2 heterocycles. The first-order chi connectivity index (χ1) is 15.2. The molecule has 5 nitrogen and oxygen atoms in total. The van der Waals surface area contributed by atoms with E-state index < -0.39 is 17.7 Å². The van der Waals surface area contributed by atoms with Crippen molar-refractivity contribution in [3.05, 3.63) is 53.6 Å². The fourth-order valence-electron chi connectivity index (χ4n) is 4.80. The second-order valence-corrected chi connectivity index (χ2v) is 8.69. The van der Waals surface area contributed by atoms with Gasteiger partial charge in [0.05, 0.1) is 30.3 Å². The lowest BCUT2D eigenvalue weighted by Crippen LogP contribution is -2.61. The first-order valence-electron chi connectivity index (χ1n) is 10.8. The van der Waals surface area contributed by atoms with Crippen LogP contribution in [-0.2, 0) is 17.4 Å². The average Bonchev–Trinajstić information content (AvgIpc) is 2.76. The van der Waals surface area contributed by atoms with Crippen molar-refractivity contribution in [2.45, 2.75) is 38.5 Å². The Balaban J connectivity index is 1.70. The monoisotopic (exact) mass is 447 g/mol. The smallest absolute Gasteiger partial charge is 0.416 e. The van der Waals surface area contributed by atoms with Crippen LogP contribution in [0.4, 0.5) is 24.5 Å². The van der Waals surface area contributed by atoms with Gasteiger partial charge in [-0.15, -0.1) is 0 Å². The number of anilines is 2. The zero-order valence-electron chi connectivity index (χ0n) is 18.4. The van der Waals surface area contributed by atoms with Gasteiger partial charge < -0.3 is 19.9 Å². The molecule has 0 aromatic heterocycles. The van der Waals surface area contributed by atoms with Crippen molar-refractivity contribution in [1.29, 1.82) is 0 Å². The summed E-state index contributed by atoms with van der Waals surface area (Å²) in [5.74, 6) is 0.181. The molecule has 2 atom stereocenters. The second kappa shape index (κ2) is 8.56. The number of alkyl halides is 3.